The first kappa shape index (κ1) is 19.9. The van der Waals surface area contributed by atoms with Crippen LogP contribution in [0, 0.1) is 5.92 Å². The fourth-order valence-electron chi connectivity index (χ4n) is 4.21. The Kier molecular flexibility index (Phi) is 6.13. The van der Waals surface area contributed by atoms with Crippen molar-refractivity contribution in [3.63, 3.8) is 0 Å². The van der Waals surface area contributed by atoms with Crippen molar-refractivity contribution in [1.29, 1.82) is 0 Å². The number of fused-ring (bicyclic) bond motifs is 1. The fraction of sp³-hybridized carbons (Fsp3) is 0.500. The smallest absolute Gasteiger partial charge is 0.265 e. The van der Waals surface area contributed by atoms with Gasteiger partial charge in [-0.3, -0.25) is 9.59 Å². The number of hydrogen-bond acceptors (Lipinski definition) is 5. The number of hydrogen-bond donors (Lipinski definition) is 2. The van der Waals surface area contributed by atoms with E-state index in [1.807, 2.05) is 12.1 Å². The molecule has 29 heavy (non-hydrogen) atoms. The van der Waals surface area contributed by atoms with Gasteiger partial charge in [-0.1, -0.05) is 12.8 Å². The Balaban J connectivity index is 1.40. The number of nitrogens with one attached hydrogen (secondary N) is 1. The summed E-state index contributed by atoms with van der Waals surface area (Å²) in [5.74, 6) is 0.378. The van der Waals surface area contributed by atoms with Crippen LogP contribution < -0.4 is 16.0 Å². The van der Waals surface area contributed by atoms with Crippen LogP contribution in [0.4, 0.5) is 11.5 Å². The zero-order valence-corrected chi connectivity index (χ0v) is 17.5. The van der Waals surface area contributed by atoms with Crippen LogP contribution in [0.25, 0.3) is 0 Å². The van der Waals surface area contributed by atoms with E-state index in [-0.39, 0.29) is 17.7 Å². The third-order valence-corrected chi connectivity index (χ3v) is 7.11. The van der Waals surface area contributed by atoms with Crippen LogP contribution in [0.15, 0.2) is 24.4 Å². The summed E-state index contributed by atoms with van der Waals surface area (Å²) in [4.78, 5) is 32.9. The monoisotopic (exact) mass is 412 g/mol. The van der Waals surface area contributed by atoms with Crippen molar-refractivity contribution in [3.05, 3.63) is 39.7 Å². The van der Waals surface area contributed by atoms with Gasteiger partial charge in [0.05, 0.1) is 22.7 Å². The Morgan fingerprint density at radius 1 is 1.14 bits per heavy atom. The predicted octanol–water partition coefficient (Wildman–Crippen LogP) is 3.76. The van der Waals surface area contributed by atoms with Gasteiger partial charge in [-0.2, -0.15) is 0 Å². The Labute approximate surface area is 175 Å². The van der Waals surface area contributed by atoms with Crippen LogP contribution in [0.1, 0.15) is 58.6 Å². The summed E-state index contributed by atoms with van der Waals surface area (Å²) in [7, 11) is 0. The maximum absolute atomic E-state index is 12.7. The van der Waals surface area contributed by atoms with Crippen LogP contribution in [0.3, 0.4) is 0 Å². The van der Waals surface area contributed by atoms with Crippen molar-refractivity contribution in [2.45, 2.75) is 51.4 Å². The van der Waals surface area contributed by atoms with Gasteiger partial charge in [0.15, 0.2) is 0 Å². The molecule has 1 fully saturated rings. The lowest BCUT2D eigenvalue weighted by Gasteiger charge is -2.32. The van der Waals surface area contributed by atoms with E-state index in [1.54, 1.807) is 17.5 Å². The predicted molar refractivity (Wildman–Crippen MR) is 117 cm³/mol. The van der Waals surface area contributed by atoms with Gasteiger partial charge in [-0.15, -0.1) is 11.3 Å². The number of amides is 2. The van der Waals surface area contributed by atoms with Crippen LogP contribution in [0.2, 0.25) is 0 Å². The van der Waals surface area contributed by atoms with E-state index in [4.69, 9.17) is 5.73 Å². The van der Waals surface area contributed by atoms with E-state index in [2.05, 4.69) is 21.3 Å². The molecule has 7 heteroatoms. The van der Waals surface area contributed by atoms with Crippen molar-refractivity contribution in [1.82, 2.24) is 4.98 Å². The number of nitrogens with zero attached hydrogens (tertiary/aromatic N) is 2. The van der Waals surface area contributed by atoms with Gasteiger partial charge in [-0.05, 0) is 62.3 Å². The Morgan fingerprint density at radius 3 is 2.72 bits per heavy atom. The lowest BCUT2D eigenvalue weighted by molar-refractivity contribution is -0.122. The summed E-state index contributed by atoms with van der Waals surface area (Å²) in [5, 5.41) is 2.97. The van der Waals surface area contributed by atoms with E-state index in [1.165, 1.54) is 36.1 Å². The first-order valence-corrected chi connectivity index (χ1v) is 11.3. The molecule has 4 rings (SSSR count). The van der Waals surface area contributed by atoms with E-state index in [9.17, 15) is 9.59 Å². The molecular weight excluding hydrogens is 384 g/mol. The average Bonchev–Trinajstić information content (AvgIpc) is 3.11. The van der Waals surface area contributed by atoms with Crippen LogP contribution in [-0.4, -0.2) is 29.9 Å². The fourth-order valence-corrected chi connectivity index (χ4v) is 5.36. The van der Waals surface area contributed by atoms with Crippen LogP contribution in [0.5, 0.6) is 0 Å². The third kappa shape index (κ3) is 4.78. The molecule has 2 aliphatic rings. The molecule has 1 unspecified atom stereocenters. The Hall–Kier alpha value is -2.41. The SMILES string of the molecule is NC(=O)C1CCCN(c2ccc(NC(=O)c3cc4c(s3)CCCCCC4)cn2)C1. The second-order valence-electron chi connectivity index (χ2n) is 8.02. The molecule has 1 saturated heterocycles. The van der Waals surface area contributed by atoms with Gasteiger partial charge in [0, 0.05) is 18.0 Å². The highest BCUT2D eigenvalue weighted by Crippen LogP contribution is 2.29. The molecule has 0 radical (unpaired) electrons. The number of aryl methyl sites for hydroxylation is 2. The molecule has 3 heterocycles. The summed E-state index contributed by atoms with van der Waals surface area (Å²) in [5.41, 5.74) is 7.50. The number of carbonyl (C=O) groups is 2. The van der Waals surface area contributed by atoms with Crippen molar-refractivity contribution in [2.75, 3.05) is 23.3 Å². The average molecular weight is 413 g/mol. The Morgan fingerprint density at radius 2 is 1.97 bits per heavy atom. The standard InChI is InChI=1S/C22H28N4O2S/c23-21(27)16-7-5-11-26(14-16)20-10-9-17(13-24-20)25-22(28)19-12-15-6-3-1-2-4-8-18(15)29-19/h9-10,12-13,16H,1-8,11,14H2,(H2,23,27)(H,25,28). The molecule has 154 valence electrons. The van der Waals surface area contributed by atoms with Crippen molar-refractivity contribution in [3.8, 4) is 0 Å². The number of piperidine rings is 1. The van der Waals surface area contributed by atoms with Gasteiger partial charge in [0.1, 0.15) is 5.82 Å². The highest BCUT2D eigenvalue weighted by molar-refractivity contribution is 7.14. The zero-order valence-electron chi connectivity index (χ0n) is 16.7. The van der Waals surface area contributed by atoms with Crippen molar-refractivity contribution in [2.24, 2.45) is 11.7 Å². The largest absolute Gasteiger partial charge is 0.369 e. The second kappa shape index (κ2) is 8.95. The first-order valence-electron chi connectivity index (χ1n) is 10.5. The number of rotatable bonds is 4. The molecule has 1 atom stereocenters. The van der Waals surface area contributed by atoms with E-state index >= 15 is 0 Å². The number of anilines is 2. The lowest BCUT2D eigenvalue weighted by atomic mass is 9.97. The van der Waals surface area contributed by atoms with Crippen molar-refractivity contribution < 1.29 is 9.59 Å². The van der Waals surface area contributed by atoms with Gasteiger partial charge in [0.25, 0.3) is 5.91 Å². The molecule has 1 aliphatic carbocycles. The number of carbonyl (C=O) groups excluding carboxylic acids is 2. The van der Waals surface area contributed by atoms with Crippen LogP contribution >= 0.6 is 11.3 Å². The summed E-state index contributed by atoms with van der Waals surface area (Å²) >= 11 is 1.63. The normalized spacial score (nSPS) is 19.7. The number of nitrogens with two attached hydrogens (primary N) is 1. The quantitative estimate of drug-likeness (QED) is 0.800. The Bertz CT molecular complexity index is 852. The van der Waals surface area contributed by atoms with E-state index in [0.29, 0.717) is 12.2 Å². The molecular formula is C22H28N4O2S. The number of primary amides is 1. The maximum Gasteiger partial charge on any atom is 0.265 e. The molecule has 1 aliphatic heterocycles. The van der Waals surface area contributed by atoms with Crippen LogP contribution in [-0.2, 0) is 17.6 Å². The zero-order chi connectivity index (χ0) is 20.2. The summed E-state index contributed by atoms with van der Waals surface area (Å²) in [6, 6.07) is 5.84. The van der Waals surface area contributed by atoms with Gasteiger partial charge in [-0.25, -0.2) is 4.98 Å². The molecule has 2 amide bonds. The maximum atomic E-state index is 12.7. The molecule has 3 N–H and O–H groups in total. The molecule has 0 aromatic carbocycles. The number of pyridine rings is 1. The van der Waals surface area contributed by atoms with E-state index < -0.39 is 0 Å². The highest BCUT2D eigenvalue weighted by atomic mass is 32.1. The first-order chi connectivity index (χ1) is 14.1. The molecule has 0 spiro atoms. The summed E-state index contributed by atoms with van der Waals surface area (Å²) < 4.78 is 0. The second-order valence-corrected chi connectivity index (χ2v) is 9.16. The lowest BCUT2D eigenvalue weighted by Crippen LogP contribution is -2.41. The summed E-state index contributed by atoms with van der Waals surface area (Å²) in [6.45, 7) is 1.47. The van der Waals surface area contributed by atoms with Crippen molar-refractivity contribution >= 4 is 34.7 Å². The minimum atomic E-state index is -0.247. The van der Waals surface area contributed by atoms with Gasteiger partial charge < -0.3 is 16.0 Å². The molecule has 6 nitrogen and oxygen atoms in total. The molecule has 0 bridgehead atoms. The minimum absolute atomic E-state index is 0.0666. The molecule has 2 aromatic rings. The number of aromatic nitrogens is 1. The minimum Gasteiger partial charge on any atom is -0.369 e. The van der Waals surface area contributed by atoms with Gasteiger partial charge in [0.2, 0.25) is 5.91 Å². The van der Waals surface area contributed by atoms with Gasteiger partial charge >= 0.3 is 0 Å². The van der Waals surface area contributed by atoms with E-state index in [0.717, 1.165) is 42.9 Å². The highest BCUT2D eigenvalue weighted by Gasteiger charge is 2.24. The topological polar surface area (TPSA) is 88.3 Å². The number of thiophene rings is 1. The third-order valence-electron chi connectivity index (χ3n) is 5.87. The summed E-state index contributed by atoms with van der Waals surface area (Å²) in [6.07, 6.45) is 10.6. The molecule has 0 saturated carbocycles. The molecule has 2 aromatic heterocycles.